The Bertz CT molecular complexity index is 317. The van der Waals surface area contributed by atoms with Gasteiger partial charge in [0.15, 0.2) is 14.4 Å². The van der Waals surface area contributed by atoms with Gasteiger partial charge in [0.25, 0.3) is 0 Å². The van der Waals surface area contributed by atoms with Crippen molar-refractivity contribution < 1.29 is 27.7 Å². The molecule has 1 heterocycles. The molecule has 4 atom stereocenters. The lowest BCUT2D eigenvalue weighted by atomic mass is 9.86. The molecule has 0 radical (unpaired) electrons. The molecule has 0 aromatic carbocycles. The zero-order chi connectivity index (χ0) is 13.2. The van der Waals surface area contributed by atoms with E-state index in [4.69, 9.17) is 18.1 Å². The Morgan fingerprint density at radius 2 is 1.56 bits per heavy atom. The third-order valence-corrected chi connectivity index (χ3v) is 4.66. The fraction of sp³-hybridized carbons (Fsp3) is 0.778. The molecule has 2 aliphatic rings. The second-order valence-electron chi connectivity index (χ2n) is 4.07. The van der Waals surface area contributed by atoms with Crippen LogP contribution in [0.1, 0.15) is 12.8 Å². The van der Waals surface area contributed by atoms with E-state index in [9.17, 15) is 9.59 Å². The van der Waals surface area contributed by atoms with Gasteiger partial charge in [0.1, 0.15) is 0 Å². The van der Waals surface area contributed by atoms with Gasteiger partial charge < -0.3 is 18.1 Å². The average Bonchev–Trinajstić information content (AvgIpc) is 2.87. The molecule has 9 heteroatoms. The molecule has 0 aromatic rings. The van der Waals surface area contributed by atoms with Gasteiger partial charge in [-0.3, -0.25) is 9.59 Å². The Hall–Kier alpha value is 0.150. The van der Waals surface area contributed by atoms with Gasteiger partial charge in [0.2, 0.25) is 0 Å². The van der Waals surface area contributed by atoms with E-state index >= 15 is 0 Å². The van der Waals surface area contributed by atoms with Crippen molar-refractivity contribution in [1.29, 1.82) is 0 Å². The summed E-state index contributed by atoms with van der Waals surface area (Å²) < 4.78 is 20.9. The molecule has 0 aromatic heterocycles. The molecule has 102 valence electrons. The van der Waals surface area contributed by atoms with Crippen LogP contribution < -0.4 is 0 Å². The quantitative estimate of drug-likeness (QED) is 0.580. The van der Waals surface area contributed by atoms with Crippen LogP contribution in [0, 0.1) is 5.41 Å². The van der Waals surface area contributed by atoms with Gasteiger partial charge in [-0.2, -0.15) is 0 Å². The number of hydrogen-bond acceptors (Lipinski definition) is 6. The fourth-order valence-corrected chi connectivity index (χ4v) is 3.75. The molecule has 18 heavy (non-hydrogen) atoms. The lowest BCUT2D eigenvalue weighted by molar-refractivity contribution is -0.160. The fourth-order valence-electron chi connectivity index (χ4n) is 2.22. The first-order valence-corrected chi connectivity index (χ1v) is 9.09. The third-order valence-electron chi connectivity index (χ3n) is 3.08. The van der Waals surface area contributed by atoms with Crippen LogP contribution in [-0.2, 0) is 27.7 Å². The van der Waals surface area contributed by atoms with E-state index in [-0.39, 0.29) is 51.7 Å². The summed E-state index contributed by atoms with van der Waals surface area (Å²) in [7, 11) is 0.00827. The standard InChI is InChI=1S/C9H15O6P3/c1-16-14-7(10)9(8(11)15-17-2)3-5-6(4-9)13-18-12-5/h5-6,16-18H,3-4H2,1-2H3. The lowest BCUT2D eigenvalue weighted by Gasteiger charge is -2.24. The number of hydrogen-bond donors (Lipinski definition) is 0. The maximum Gasteiger partial charge on any atom is 0.326 e. The number of rotatable bonds is 4. The molecule has 1 saturated carbocycles. The largest absolute Gasteiger partial charge is 0.448 e. The van der Waals surface area contributed by atoms with Crippen molar-refractivity contribution in [3.05, 3.63) is 0 Å². The second kappa shape index (κ2) is 6.07. The Labute approximate surface area is 111 Å². The van der Waals surface area contributed by atoms with Crippen molar-refractivity contribution in [1.82, 2.24) is 0 Å². The topological polar surface area (TPSA) is 71.1 Å². The minimum Gasteiger partial charge on any atom is -0.448 e. The van der Waals surface area contributed by atoms with Gasteiger partial charge in [-0.25, -0.2) is 0 Å². The summed E-state index contributed by atoms with van der Waals surface area (Å²) in [4.78, 5) is 24.2. The number of fused-ring (bicyclic) bond motifs is 1. The van der Waals surface area contributed by atoms with Crippen LogP contribution in [0.15, 0.2) is 0 Å². The van der Waals surface area contributed by atoms with Crippen molar-refractivity contribution in [2.45, 2.75) is 25.0 Å². The van der Waals surface area contributed by atoms with E-state index in [1.807, 2.05) is 0 Å². The molecule has 4 unspecified atom stereocenters. The van der Waals surface area contributed by atoms with Crippen LogP contribution >= 0.6 is 26.6 Å². The molecular weight excluding hydrogens is 297 g/mol. The van der Waals surface area contributed by atoms with E-state index in [0.29, 0.717) is 0 Å². The lowest BCUT2D eigenvalue weighted by Crippen LogP contribution is -2.39. The zero-order valence-corrected chi connectivity index (χ0v) is 13.0. The Kier molecular flexibility index (Phi) is 4.91. The Morgan fingerprint density at radius 1 is 1.11 bits per heavy atom. The van der Waals surface area contributed by atoms with Gasteiger partial charge >= 0.3 is 11.9 Å². The van der Waals surface area contributed by atoms with E-state index in [1.165, 1.54) is 0 Å². The molecule has 2 rings (SSSR count). The second-order valence-corrected chi connectivity index (χ2v) is 5.94. The summed E-state index contributed by atoms with van der Waals surface area (Å²) in [6, 6.07) is 0. The highest BCUT2D eigenvalue weighted by atomic mass is 31.1. The van der Waals surface area contributed by atoms with E-state index in [0.717, 1.165) is 0 Å². The summed E-state index contributed by atoms with van der Waals surface area (Å²) in [5.74, 6) is -1.03. The first-order valence-electron chi connectivity index (χ1n) is 5.46. The summed E-state index contributed by atoms with van der Waals surface area (Å²) in [5, 5.41) is 0. The van der Waals surface area contributed by atoms with Gasteiger partial charge in [0.05, 0.1) is 29.8 Å². The van der Waals surface area contributed by atoms with E-state index in [1.54, 1.807) is 13.3 Å². The highest BCUT2D eigenvalue weighted by Crippen LogP contribution is 2.51. The van der Waals surface area contributed by atoms with Crippen molar-refractivity contribution in [3.8, 4) is 0 Å². The molecular formula is C9H15O6P3. The number of carbonyl (C=O) groups is 2. The van der Waals surface area contributed by atoms with Gasteiger partial charge in [-0.15, -0.1) is 0 Å². The highest BCUT2D eigenvalue weighted by molar-refractivity contribution is 7.32. The summed E-state index contributed by atoms with van der Waals surface area (Å²) >= 11 is 0. The average molecular weight is 312 g/mol. The maximum atomic E-state index is 12.1. The van der Waals surface area contributed by atoms with Crippen LogP contribution in [-0.4, -0.2) is 37.5 Å². The van der Waals surface area contributed by atoms with Crippen molar-refractivity contribution in [2.75, 3.05) is 13.3 Å². The first-order chi connectivity index (χ1) is 8.64. The molecule has 1 saturated heterocycles. The van der Waals surface area contributed by atoms with Gasteiger partial charge in [-0.05, 0) is 13.3 Å². The predicted molar refractivity (Wildman–Crippen MR) is 70.4 cm³/mol. The molecule has 1 aliphatic heterocycles. The highest BCUT2D eigenvalue weighted by Gasteiger charge is 2.60. The van der Waals surface area contributed by atoms with Crippen LogP contribution in [0.5, 0.6) is 0 Å². The SMILES string of the molecule is CPOC(=O)C1(C(=O)OPC)CC2OPOC2C1. The molecule has 1 aliphatic carbocycles. The Morgan fingerprint density at radius 3 is 1.94 bits per heavy atom. The summed E-state index contributed by atoms with van der Waals surface area (Å²) in [5.41, 5.74) is -1.24. The van der Waals surface area contributed by atoms with Crippen molar-refractivity contribution in [3.63, 3.8) is 0 Å². The van der Waals surface area contributed by atoms with Crippen molar-refractivity contribution >= 4 is 38.6 Å². The van der Waals surface area contributed by atoms with Gasteiger partial charge in [0, 0.05) is 12.8 Å². The molecule has 2 fully saturated rings. The molecule has 6 nitrogen and oxygen atoms in total. The number of carbonyl (C=O) groups excluding carboxylic acids is 2. The first kappa shape index (κ1) is 14.6. The van der Waals surface area contributed by atoms with E-state index in [2.05, 4.69) is 0 Å². The Balaban J connectivity index is 2.18. The third kappa shape index (κ3) is 2.55. The van der Waals surface area contributed by atoms with Crippen LogP contribution in [0.25, 0.3) is 0 Å². The van der Waals surface area contributed by atoms with Crippen LogP contribution in [0.4, 0.5) is 0 Å². The van der Waals surface area contributed by atoms with Crippen LogP contribution in [0.2, 0.25) is 0 Å². The zero-order valence-electron chi connectivity index (χ0n) is 10.0. The minimum absolute atomic E-state index is 0.00832. The predicted octanol–water partition coefficient (Wildman–Crippen LogP) is 1.59. The molecule has 0 bridgehead atoms. The minimum atomic E-state index is -1.24. The van der Waals surface area contributed by atoms with E-state index < -0.39 is 17.4 Å². The molecule has 0 spiro atoms. The summed E-state index contributed by atoms with van der Waals surface area (Å²) in [6.45, 7) is 3.48. The monoisotopic (exact) mass is 312 g/mol. The summed E-state index contributed by atoms with van der Waals surface area (Å²) in [6.07, 6.45) is 0.168. The smallest absolute Gasteiger partial charge is 0.326 e. The normalized spacial score (nSPS) is 36.8. The maximum absolute atomic E-state index is 12.1. The van der Waals surface area contributed by atoms with Gasteiger partial charge in [-0.1, -0.05) is 0 Å². The molecule has 0 N–H and O–H groups in total. The van der Waals surface area contributed by atoms with Crippen molar-refractivity contribution in [2.24, 2.45) is 5.41 Å². The van der Waals surface area contributed by atoms with Crippen LogP contribution in [0.3, 0.4) is 0 Å². The molecule has 0 amide bonds.